The summed E-state index contributed by atoms with van der Waals surface area (Å²) in [6, 6.07) is 11.8. The van der Waals surface area contributed by atoms with Gasteiger partial charge in [0.1, 0.15) is 0 Å². The normalized spacial score (nSPS) is 10.8. The zero-order chi connectivity index (χ0) is 11.0. The number of rotatable bonds is 1. The van der Waals surface area contributed by atoms with E-state index in [1.54, 1.807) is 6.20 Å². The molecule has 3 heterocycles. The van der Waals surface area contributed by atoms with E-state index in [2.05, 4.69) is 15.3 Å². The summed E-state index contributed by atoms with van der Waals surface area (Å²) in [5, 5.41) is 8.19. The summed E-state index contributed by atoms with van der Waals surface area (Å²) in [7, 11) is 0. The lowest BCUT2D eigenvalue weighted by Crippen LogP contribution is -1.95. The summed E-state index contributed by atoms with van der Waals surface area (Å²) in [4.78, 5) is 4.32. The van der Waals surface area contributed by atoms with Crippen LogP contribution in [0.15, 0.2) is 42.6 Å². The van der Waals surface area contributed by atoms with Gasteiger partial charge in [0.05, 0.1) is 22.6 Å². The summed E-state index contributed by atoms with van der Waals surface area (Å²) in [5.41, 5.74) is 3.80. The molecule has 0 saturated heterocycles. The first-order valence-corrected chi connectivity index (χ1v) is 5.09. The standard InChI is InChI=1S/C12H10N4/c1-9-11-6-4-7-12(16(11)15-14-9)10-5-2-3-8-13-10/h2-8H,1H3. The van der Waals surface area contributed by atoms with Gasteiger partial charge in [-0.2, -0.15) is 0 Å². The highest BCUT2D eigenvalue weighted by Gasteiger charge is 2.07. The van der Waals surface area contributed by atoms with Gasteiger partial charge in [-0.05, 0) is 31.2 Å². The van der Waals surface area contributed by atoms with Crippen LogP contribution in [0.4, 0.5) is 0 Å². The van der Waals surface area contributed by atoms with Crippen LogP contribution >= 0.6 is 0 Å². The molecule has 0 spiro atoms. The van der Waals surface area contributed by atoms with Crippen molar-refractivity contribution in [3.8, 4) is 11.4 Å². The van der Waals surface area contributed by atoms with E-state index in [-0.39, 0.29) is 0 Å². The number of pyridine rings is 2. The van der Waals surface area contributed by atoms with Gasteiger partial charge in [-0.25, -0.2) is 4.52 Å². The third-order valence-corrected chi connectivity index (χ3v) is 2.55. The van der Waals surface area contributed by atoms with Crippen LogP contribution in [0, 0.1) is 6.92 Å². The smallest absolute Gasteiger partial charge is 0.0927 e. The van der Waals surface area contributed by atoms with Crippen molar-refractivity contribution in [3.05, 3.63) is 48.3 Å². The van der Waals surface area contributed by atoms with Gasteiger partial charge in [-0.3, -0.25) is 4.98 Å². The Labute approximate surface area is 92.6 Å². The number of hydrogen-bond donors (Lipinski definition) is 0. The van der Waals surface area contributed by atoms with Crippen LogP contribution in [0.25, 0.3) is 16.9 Å². The van der Waals surface area contributed by atoms with Gasteiger partial charge >= 0.3 is 0 Å². The number of nitrogens with zero attached hydrogens (tertiary/aromatic N) is 4. The van der Waals surface area contributed by atoms with E-state index >= 15 is 0 Å². The molecule has 0 aromatic carbocycles. The average molecular weight is 210 g/mol. The lowest BCUT2D eigenvalue weighted by Gasteiger charge is -2.02. The average Bonchev–Trinajstić information content (AvgIpc) is 2.73. The Morgan fingerprint density at radius 3 is 2.81 bits per heavy atom. The molecule has 0 bridgehead atoms. The van der Waals surface area contributed by atoms with Crippen LogP contribution in [0.3, 0.4) is 0 Å². The predicted octanol–water partition coefficient (Wildman–Crippen LogP) is 2.10. The van der Waals surface area contributed by atoms with E-state index < -0.39 is 0 Å². The van der Waals surface area contributed by atoms with Gasteiger partial charge in [-0.15, -0.1) is 5.10 Å². The fraction of sp³-hybridized carbons (Fsp3) is 0.0833. The fourth-order valence-corrected chi connectivity index (χ4v) is 1.74. The molecule has 0 aliphatic rings. The molecule has 0 atom stereocenters. The molecule has 0 aliphatic carbocycles. The van der Waals surface area contributed by atoms with E-state index in [4.69, 9.17) is 0 Å². The summed E-state index contributed by atoms with van der Waals surface area (Å²) >= 11 is 0. The van der Waals surface area contributed by atoms with Gasteiger partial charge in [-0.1, -0.05) is 17.3 Å². The zero-order valence-corrected chi connectivity index (χ0v) is 8.83. The molecule has 0 radical (unpaired) electrons. The Morgan fingerprint density at radius 1 is 1.06 bits per heavy atom. The Bertz CT molecular complexity index is 628. The number of hydrogen-bond acceptors (Lipinski definition) is 3. The molecule has 0 N–H and O–H groups in total. The van der Waals surface area contributed by atoms with Crippen molar-refractivity contribution in [2.75, 3.05) is 0 Å². The van der Waals surface area contributed by atoms with E-state index in [0.717, 1.165) is 22.6 Å². The minimum absolute atomic E-state index is 0.901. The molecule has 0 saturated carbocycles. The Balaban J connectivity index is 2.32. The van der Waals surface area contributed by atoms with Crippen LogP contribution in [0.5, 0.6) is 0 Å². The first-order valence-electron chi connectivity index (χ1n) is 5.09. The van der Waals surface area contributed by atoms with Crippen LogP contribution in [-0.4, -0.2) is 19.8 Å². The van der Waals surface area contributed by atoms with Gasteiger partial charge in [0.25, 0.3) is 0 Å². The molecule has 0 aliphatic heterocycles. The lowest BCUT2D eigenvalue weighted by molar-refractivity contribution is 0.852. The molecule has 0 amide bonds. The highest BCUT2D eigenvalue weighted by Crippen LogP contribution is 2.18. The van der Waals surface area contributed by atoms with Crippen molar-refractivity contribution in [1.29, 1.82) is 0 Å². The third kappa shape index (κ3) is 1.27. The minimum atomic E-state index is 0.901. The van der Waals surface area contributed by atoms with Gasteiger partial charge in [0.2, 0.25) is 0 Å². The van der Waals surface area contributed by atoms with E-state index in [1.165, 1.54) is 0 Å². The van der Waals surface area contributed by atoms with E-state index in [9.17, 15) is 0 Å². The molecule has 4 nitrogen and oxygen atoms in total. The number of fused-ring (bicyclic) bond motifs is 1. The molecular weight excluding hydrogens is 200 g/mol. The lowest BCUT2D eigenvalue weighted by atomic mass is 10.2. The van der Waals surface area contributed by atoms with Crippen LogP contribution in [0.2, 0.25) is 0 Å². The summed E-state index contributed by atoms with van der Waals surface area (Å²) in [5.74, 6) is 0. The molecule has 0 fully saturated rings. The van der Waals surface area contributed by atoms with Crippen molar-refractivity contribution < 1.29 is 0 Å². The van der Waals surface area contributed by atoms with Crippen molar-refractivity contribution in [1.82, 2.24) is 19.8 Å². The molecule has 16 heavy (non-hydrogen) atoms. The summed E-state index contributed by atoms with van der Waals surface area (Å²) in [6.45, 7) is 1.95. The largest absolute Gasteiger partial charge is 0.255 e. The Hall–Kier alpha value is -2.23. The summed E-state index contributed by atoms with van der Waals surface area (Å²) < 4.78 is 1.82. The number of aromatic nitrogens is 4. The molecule has 0 unspecified atom stereocenters. The molecule has 4 heteroatoms. The van der Waals surface area contributed by atoms with Gasteiger partial charge in [0.15, 0.2) is 0 Å². The monoisotopic (exact) mass is 210 g/mol. The van der Waals surface area contributed by atoms with Crippen LogP contribution in [-0.2, 0) is 0 Å². The maximum absolute atomic E-state index is 4.32. The number of aryl methyl sites for hydroxylation is 1. The molecule has 3 rings (SSSR count). The van der Waals surface area contributed by atoms with Gasteiger partial charge in [0, 0.05) is 6.20 Å². The fourth-order valence-electron chi connectivity index (χ4n) is 1.74. The second-order valence-corrected chi connectivity index (χ2v) is 3.60. The molecule has 3 aromatic rings. The Morgan fingerprint density at radius 2 is 2.00 bits per heavy atom. The van der Waals surface area contributed by atoms with E-state index in [1.807, 2.05) is 47.8 Å². The maximum Gasteiger partial charge on any atom is 0.0927 e. The topological polar surface area (TPSA) is 43.1 Å². The first-order chi connectivity index (χ1) is 7.86. The molecular formula is C12H10N4. The van der Waals surface area contributed by atoms with Gasteiger partial charge < -0.3 is 0 Å². The quantitative estimate of drug-likeness (QED) is 0.617. The third-order valence-electron chi connectivity index (χ3n) is 2.55. The van der Waals surface area contributed by atoms with Crippen molar-refractivity contribution >= 4 is 5.52 Å². The summed E-state index contributed by atoms with van der Waals surface area (Å²) in [6.07, 6.45) is 1.78. The van der Waals surface area contributed by atoms with Crippen LogP contribution < -0.4 is 0 Å². The highest BCUT2D eigenvalue weighted by atomic mass is 15.4. The Kier molecular flexibility index (Phi) is 1.93. The van der Waals surface area contributed by atoms with E-state index in [0.29, 0.717) is 0 Å². The highest BCUT2D eigenvalue weighted by molar-refractivity contribution is 5.62. The molecule has 78 valence electrons. The maximum atomic E-state index is 4.32. The molecule has 3 aromatic heterocycles. The van der Waals surface area contributed by atoms with Crippen molar-refractivity contribution in [2.24, 2.45) is 0 Å². The van der Waals surface area contributed by atoms with Crippen LogP contribution in [0.1, 0.15) is 5.69 Å². The van der Waals surface area contributed by atoms with Crippen molar-refractivity contribution in [2.45, 2.75) is 6.92 Å². The first kappa shape index (κ1) is 9.03. The zero-order valence-electron chi connectivity index (χ0n) is 8.83. The van der Waals surface area contributed by atoms with Crippen molar-refractivity contribution in [3.63, 3.8) is 0 Å². The minimum Gasteiger partial charge on any atom is -0.255 e. The second kappa shape index (κ2) is 3.41. The second-order valence-electron chi connectivity index (χ2n) is 3.60. The SMILES string of the molecule is Cc1nnn2c(-c3ccccn3)cccc12. The predicted molar refractivity (Wildman–Crippen MR) is 61.0 cm³/mol.